The number of carbonyl (C=O) groups is 1. The largest absolute Gasteiger partial charge is 0.490 e. The molecule has 0 fully saturated rings. The number of nitro benzene ring substituents is 1. The van der Waals surface area contributed by atoms with Crippen LogP contribution in [0, 0.1) is 15.5 Å². The molecule has 0 spiro atoms. The van der Waals surface area contributed by atoms with Crippen LogP contribution in [0.4, 0.5) is 5.69 Å². The van der Waals surface area contributed by atoms with Crippen LogP contribution in [0.5, 0.6) is 5.75 Å². The molecule has 0 unspecified atom stereocenters. The molecule has 0 aromatic heterocycles. The van der Waals surface area contributed by atoms with Gasteiger partial charge in [0.05, 0.1) is 24.6 Å². The highest BCUT2D eigenvalue weighted by molar-refractivity contribution is 5.85. The number of ether oxygens (including phenoxy) is 2. The molecule has 118 valence electrons. The highest BCUT2D eigenvalue weighted by Gasteiger charge is 2.37. The van der Waals surface area contributed by atoms with E-state index in [0.717, 1.165) is 0 Å². The zero-order chi connectivity index (χ0) is 15.5. The Balaban J connectivity index is 0.00000400. The molecule has 0 radical (unpaired) electrons. The van der Waals surface area contributed by atoms with Crippen molar-refractivity contribution in [1.29, 1.82) is 0 Å². The van der Waals surface area contributed by atoms with Crippen molar-refractivity contribution in [3.05, 3.63) is 33.9 Å². The average molecular weight is 319 g/mol. The van der Waals surface area contributed by atoms with Gasteiger partial charge < -0.3 is 15.2 Å². The van der Waals surface area contributed by atoms with E-state index in [1.807, 2.05) is 0 Å². The highest BCUT2D eigenvalue weighted by Crippen LogP contribution is 2.36. The average Bonchev–Trinajstić information content (AvgIpc) is 2.44. The van der Waals surface area contributed by atoms with E-state index in [2.05, 4.69) is 0 Å². The second kappa shape index (κ2) is 7.24. The van der Waals surface area contributed by atoms with Gasteiger partial charge in [-0.05, 0) is 25.5 Å². The first-order valence-corrected chi connectivity index (χ1v) is 5.92. The maximum Gasteiger partial charge on any atom is 0.313 e. The fourth-order valence-corrected chi connectivity index (χ4v) is 1.85. The molecule has 1 aromatic rings. The smallest absolute Gasteiger partial charge is 0.313 e. The number of hydrogen-bond acceptors (Lipinski definition) is 6. The molecule has 7 nitrogen and oxygen atoms in total. The van der Waals surface area contributed by atoms with E-state index in [-0.39, 0.29) is 23.8 Å². The first kappa shape index (κ1) is 19.1. The first-order chi connectivity index (χ1) is 9.25. The number of nitro groups is 1. The molecule has 0 bridgehead atoms. The third-order valence-electron chi connectivity index (χ3n) is 3.25. The molecule has 0 saturated carbocycles. The van der Waals surface area contributed by atoms with Crippen molar-refractivity contribution in [3.8, 4) is 5.75 Å². The molecular weight excluding hydrogens is 300 g/mol. The van der Waals surface area contributed by atoms with Crippen LogP contribution in [0.2, 0.25) is 0 Å². The molecule has 21 heavy (non-hydrogen) atoms. The summed E-state index contributed by atoms with van der Waals surface area (Å²) in [5.74, 6) is -0.342. The Labute approximate surface area is 129 Å². The molecule has 0 aliphatic heterocycles. The van der Waals surface area contributed by atoms with Crippen LogP contribution >= 0.6 is 12.4 Å². The SMILES string of the molecule is COC(=O)C(C)(C)[C@H](N)c1ccc(OC)c([N+](=O)[O-])c1.Cl. The third-order valence-corrected chi connectivity index (χ3v) is 3.25. The topological polar surface area (TPSA) is 105 Å². The van der Waals surface area contributed by atoms with Gasteiger partial charge in [0.1, 0.15) is 0 Å². The van der Waals surface area contributed by atoms with Gasteiger partial charge in [-0.15, -0.1) is 12.4 Å². The van der Waals surface area contributed by atoms with Crippen LogP contribution in [0.15, 0.2) is 18.2 Å². The molecule has 1 aromatic carbocycles. The van der Waals surface area contributed by atoms with Gasteiger partial charge in [-0.2, -0.15) is 0 Å². The summed E-state index contributed by atoms with van der Waals surface area (Å²) in [7, 11) is 2.62. The normalized spacial score (nSPS) is 12.0. The van der Waals surface area contributed by atoms with E-state index < -0.39 is 22.3 Å². The monoisotopic (exact) mass is 318 g/mol. The number of nitrogens with two attached hydrogens (primary N) is 1. The maximum atomic E-state index is 11.7. The van der Waals surface area contributed by atoms with E-state index in [1.54, 1.807) is 19.9 Å². The lowest BCUT2D eigenvalue weighted by Gasteiger charge is -2.28. The molecule has 1 atom stereocenters. The van der Waals surface area contributed by atoms with Crippen LogP contribution in [-0.4, -0.2) is 25.1 Å². The fraction of sp³-hybridized carbons (Fsp3) is 0.462. The summed E-state index contributed by atoms with van der Waals surface area (Å²) in [4.78, 5) is 22.2. The quantitative estimate of drug-likeness (QED) is 0.507. The Morgan fingerprint density at radius 2 is 1.95 bits per heavy atom. The summed E-state index contributed by atoms with van der Waals surface area (Å²) >= 11 is 0. The summed E-state index contributed by atoms with van der Waals surface area (Å²) in [5.41, 5.74) is 5.32. The van der Waals surface area contributed by atoms with Gasteiger partial charge in [-0.1, -0.05) is 6.07 Å². The van der Waals surface area contributed by atoms with Gasteiger partial charge in [-0.3, -0.25) is 14.9 Å². The van der Waals surface area contributed by atoms with Crippen LogP contribution in [0.3, 0.4) is 0 Å². The van der Waals surface area contributed by atoms with E-state index in [0.29, 0.717) is 5.56 Å². The number of benzene rings is 1. The summed E-state index contributed by atoms with van der Waals surface area (Å²) in [6.45, 7) is 3.25. The number of hydrogen-bond donors (Lipinski definition) is 1. The van der Waals surface area contributed by atoms with Crippen LogP contribution in [-0.2, 0) is 9.53 Å². The standard InChI is InChI=1S/C13H18N2O5.ClH/c1-13(2,12(16)20-4)11(14)8-5-6-10(19-3)9(7-8)15(17)18;/h5-7,11H,14H2,1-4H3;1H/t11-;/m1./s1. The van der Waals surface area contributed by atoms with Crippen LogP contribution < -0.4 is 10.5 Å². The van der Waals surface area contributed by atoms with Crippen molar-refractivity contribution in [2.24, 2.45) is 11.1 Å². The van der Waals surface area contributed by atoms with E-state index in [9.17, 15) is 14.9 Å². The van der Waals surface area contributed by atoms with Crippen molar-refractivity contribution < 1.29 is 19.2 Å². The minimum absolute atomic E-state index is 0. The summed E-state index contributed by atoms with van der Waals surface area (Å²) in [6, 6.07) is 3.63. The first-order valence-electron chi connectivity index (χ1n) is 5.92. The predicted octanol–water partition coefficient (Wildman–Crippen LogP) is 2.22. The Morgan fingerprint density at radius 1 is 1.38 bits per heavy atom. The zero-order valence-corrected chi connectivity index (χ0v) is 13.1. The Kier molecular flexibility index (Phi) is 6.59. The number of nitrogens with zero attached hydrogens (tertiary/aromatic N) is 1. The van der Waals surface area contributed by atoms with Gasteiger partial charge >= 0.3 is 11.7 Å². The Bertz CT molecular complexity index is 533. The second-order valence-corrected chi connectivity index (χ2v) is 4.88. The number of halogens is 1. The zero-order valence-electron chi connectivity index (χ0n) is 12.3. The van der Waals surface area contributed by atoms with Gasteiger partial charge in [0.25, 0.3) is 0 Å². The van der Waals surface area contributed by atoms with Crippen molar-refractivity contribution in [2.45, 2.75) is 19.9 Å². The number of methoxy groups -OCH3 is 2. The van der Waals surface area contributed by atoms with E-state index >= 15 is 0 Å². The Morgan fingerprint density at radius 3 is 2.38 bits per heavy atom. The van der Waals surface area contributed by atoms with Crippen LogP contribution in [0.1, 0.15) is 25.5 Å². The lowest BCUT2D eigenvalue weighted by molar-refractivity contribution is -0.385. The highest BCUT2D eigenvalue weighted by atomic mass is 35.5. The predicted molar refractivity (Wildman–Crippen MR) is 79.6 cm³/mol. The molecule has 8 heteroatoms. The van der Waals surface area contributed by atoms with Crippen molar-refractivity contribution in [1.82, 2.24) is 0 Å². The fourth-order valence-electron chi connectivity index (χ4n) is 1.85. The summed E-state index contributed by atoms with van der Waals surface area (Å²) in [5, 5.41) is 11.0. The molecule has 0 saturated heterocycles. The minimum Gasteiger partial charge on any atom is -0.490 e. The van der Waals surface area contributed by atoms with Crippen molar-refractivity contribution >= 4 is 24.1 Å². The molecule has 0 heterocycles. The lowest BCUT2D eigenvalue weighted by atomic mass is 9.81. The molecule has 1 rings (SSSR count). The third kappa shape index (κ3) is 3.83. The maximum absolute atomic E-state index is 11.7. The van der Waals surface area contributed by atoms with Crippen molar-refractivity contribution in [2.75, 3.05) is 14.2 Å². The number of rotatable bonds is 5. The van der Waals surface area contributed by atoms with E-state index in [1.165, 1.54) is 26.4 Å². The molecule has 0 aliphatic carbocycles. The van der Waals surface area contributed by atoms with Gasteiger partial charge in [0.15, 0.2) is 5.75 Å². The van der Waals surface area contributed by atoms with Gasteiger partial charge in [-0.25, -0.2) is 0 Å². The summed E-state index contributed by atoms with van der Waals surface area (Å²) in [6.07, 6.45) is 0. The molecule has 0 aliphatic rings. The second-order valence-electron chi connectivity index (χ2n) is 4.88. The molecular formula is C13H19ClN2O5. The van der Waals surface area contributed by atoms with Gasteiger partial charge in [0, 0.05) is 12.1 Å². The summed E-state index contributed by atoms with van der Waals surface area (Å²) < 4.78 is 9.62. The molecule has 2 N–H and O–H groups in total. The molecule has 0 amide bonds. The number of esters is 1. The number of carbonyl (C=O) groups excluding carboxylic acids is 1. The lowest BCUT2D eigenvalue weighted by Crippen LogP contribution is -2.37. The van der Waals surface area contributed by atoms with Crippen molar-refractivity contribution in [3.63, 3.8) is 0 Å². The van der Waals surface area contributed by atoms with Crippen LogP contribution in [0.25, 0.3) is 0 Å². The Hall–Kier alpha value is -1.86. The minimum atomic E-state index is -1.00. The van der Waals surface area contributed by atoms with E-state index in [4.69, 9.17) is 15.2 Å². The van der Waals surface area contributed by atoms with Gasteiger partial charge in [0.2, 0.25) is 0 Å².